The second kappa shape index (κ2) is 14.1. The third-order valence-electron chi connectivity index (χ3n) is 6.10. The highest BCUT2D eigenvalue weighted by atomic mass is 32.1. The van der Waals surface area contributed by atoms with Gasteiger partial charge in [0.1, 0.15) is 6.54 Å². The number of rotatable bonds is 14. The van der Waals surface area contributed by atoms with E-state index in [2.05, 4.69) is 0 Å². The van der Waals surface area contributed by atoms with Gasteiger partial charge in [0.2, 0.25) is 5.91 Å². The predicted molar refractivity (Wildman–Crippen MR) is 147 cm³/mol. The summed E-state index contributed by atoms with van der Waals surface area (Å²) >= 11 is 1.57. The summed E-state index contributed by atoms with van der Waals surface area (Å²) in [5.74, 6) is 0.670. The smallest absolute Gasteiger partial charge is 0.270 e. The van der Waals surface area contributed by atoms with E-state index in [9.17, 15) is 19.7 Å². The van der Waals surface area contributed by atoms with Crippen molar-refractivity contribution in [1.29, 1.82) is 0 Å². The van der Waals surface area contributed by atoms with Crippen molar-refractivity contribution in [3.05, 3.63) is 86.1 Å². The lowest BCUT2D eigenvalue weighted by Gasteiger charge is -2.28. The summed E-state index contributed by atoms with van der Waals surface area (Å²) in [6, 6.07) is 15.2. The first-order valence-electron chi connectivity index (χ1n) is 12.4. The molecule has 1 aromatic heterocycles. The minimum atomic E-state index is -0.533. The number of thiophene rings is 1. The van der Waals surface area contributed by atoms with Crippen molar-refractivity contribution in [3.63, 3.8) is 0 Å². The fourth-order valence-electron chi connectivity index (χ4n) is 3.98. The zero-order valence-corrected chi connectivity index (χ0v) is 22.7. The Bertz CT molecular complexity index is 1230. The third-order valence-corrected chi connectivity index (χ3v) is 6.96. The highest BCUT2D eigenvalue weighted by molar-refractivity contribution is 7.09. The molecule has 0 saturated heterocycles. The lowest BCUT2D eigenvalue weighted by molar-refractivity contribution is -0.384. The van der Waals surface area contributed by atoms with Crippen LogP contribution in [0.1, 0.15) is 40.6 Å². The van der Waals surface area contributed by atoms with Crippen LogP contribution in [0.5, 0.6) is 11.5 Å². The maximum Gasteiger partial charge on any atom is 0.270 e. The number of unbranched alkanes of at least 4 members (excludes halogenated alkanes) is 1. The van der Waals surface area contributed by atoms with Gasteiger partial charge in [-0.25, -0.2) is 0 Å². The van der Waals surface area contributed by atoms with Gasteiger partial charge in [-0.15, -0.1) is 11.3 Å². The fraction of sp³-hybridized carbons (Fsp3) is 0.357. The first-order chi connectivity index (χ1) is 18.4. The molecule has 0 spiro atoms. The fourth-order valence-corrected chi connectivity index (χ4v) is 4.70. The molecule has 3 rings (SSSR count). The van der Waals surface area contributed by atoms with Crippen LogP contribution in [0.4, 0.5) is 5.69 Å². The van der Waals surface area contributed by atoms with Crippen LogP contribution in [0.15, 0.2) is 60.0 Å². The number of non-ortho nitro benzene ring substituents is 1. The van der Waals surface area contributed by atoms with Gasteiger partial charge in [-0.2, -0.15) is 0 Å². The molecule has 0 fully saturated rings. The molecular weight excluding hydrogens is 506 g/mol. The predicted octanol–water partition coefficient (Wildman–Crippen LogP) is 5.19. The van der Waals surface area contributed by atoms with Crippen molar-refractivity contribution in [1.82, 2.24) is 9.80 Å². The Hall–Kier alpha value is -3.92. The van der Waals surface area contributed by atoms with Crippen LogP contribution in [-0.4, -0.2) is 60.4 Å². The SMILES string of the molecule is CCCCN(CC(=O)N(CCc1ccc(OC)c(OC)c1)Cc1cccs1)C(=O)c1cccc([N+](=O)[O-])c1. The Labute approximate surface area is 226 Å². The molecule has 1 heterocycles. The Morgan fingerprint density at radius 3 is 2.42 bits per heavy atom. The maximum atomic E-state index is 13.6. The van der Waals surface area contributed by atoms with E-state index in [1.807, 2.05) is 42.6 Å². The number of amides is 2. The van der Waals surface area contributed by atoms with Crippen LogP contribution < -0.4 is 9.47 Å². The van der Waals surface area contributed by atoms with Gasteiger partial charge in [0.05, 0.1) is 25.7 Å². The normalized spacial score (nSPS) is 10.6. The second-order valence-electron chi connectivity index (χ2n) is 8.72. The first kappa shape index (κ1) is 28.6. The van der Waals surface area contributed by atoms with Crippen molar-refractivity contribution in [2.24, 2.45) is 0 Å². The van der Waals surface area contributed by atoms with E-state index < -0.39 is 10.8 Å². The van der Waals surface area contributed by atoms with Crippen molar-refractivity contribution < 1.29 is 24.0 Å². The summed E-state index contributed by atoms with van der Waals surface area (Å²) in [6.45, 7) is 3.14. The Balaban J connectivity index is 1.79. The number of hydrogen-bond acceptors (Lipinski definition) is 7. The molecule has 0 aliphatic rings. The lowest BCUT2D eigenvalue weighted by Crippen LogP contribution is -2.43. The topological polar surface area (TPSA) is 102 Å². The number of nitro benzene ring substituents is 1. The van der Waals surface area contributed by atoms with Crippen molar-refractivity contribution in [3.8, 4) is 11.5 Å². The average molecular weight is 540 g/mol. The van der Waals surface area contributed by atoms with Gasteiger partial charge in [-0.1, -0.05) is 31.5 Å². The molecule has 0 bridgehead atoms. The van der Waals surface area contributed by atoms with E-state index in [0.717, 1.165) is 16.9 Å². The summed E-state index contributed by atoms with van der Waals surface area (Å²) < 4.78 is 10.7. The Kier molecular flexibility index (Phi) is 10.7. The van der Waals surface area contributed by atoms with Gasteiger partial charge >= 0.3 is 0 Å². The molecule has 3 aromatic rings. The standard InChI is InChI=1S/C28H33N3O6S/c1-4-5-14-30(28(33)22-8-6-9-23(18-22)31(34)35)20-27(32)29(19-24-10-7-16-38-24)15-13-21-11-12-25(36-2)26(17-21)37-3/h6-12,16-18H,4-5,13-15,19-20H2,1-3H3. The van der Waals surface area contributed by atoms with Gasteiger partial charge in [0, 0.05) is 35.7 Å². The van der Waals surface area contributed by atoms with Crippen LogP contribution in [0.25, 0.3) is 0 Å². The van der Waals surface area contributed by atoms with E-state index in [1.165, 1.54) is 23.1 Å². The van der Waals surface area contributed by atoms with Gasteiger partial charge in [0.25, 0.3) is 11.6 Å². The number of ether oxygens (including phenoxy) is 2. The van der Waals surface area contributed by atoms with E-state index >= 15 is 0 Å². The van der Waals surface area contributed by atoms with Crippen LogP contribution in [-0.2, 0) is 17.8 Å². The number of carbonyl (C=O) groups is 2. The zero-order valence-electron chi connectivity index (χ0n) is 21.9. The molecule has 0 radical (unpaired) electrons. The molecule has 2 amide bonds. The third kappa shape index (κ3) is 7.79. The highest BCUT2D eigenvalue weighted by Crippen LogP contribution is 2.28. The van der Waals surface area contributed by atoms with Crippen molar-refractivity contribution in [2.45, 2.75) is 32.7 Å². The molecular formula is C28H33N3O6S. The molecule has 2 aromatic carbocycles. The molecule has 0 unspecified atom stereocenters. The number of hydrogen-bond donors (Lipinski definition) is 0. The van der Waals surface area contributed by atoms with E-state index in [4.69, 9.17) is 9.47 Å². The molecule has 38 heavy (non-hydrogen) atoms. The minimum Gasteiger partial charge on any atom is -0.493 e. The zero-order chi connectivity index (χ0) is 27.5. The van der Waals surface area contributed by atoms with Crippen LogP contribution in [0.2, 0.25) is 0 Å². The second-order valence-corrected chi connectivity index (χ2v) is 9.75. The van der Waals surface area contributed by atoms with E-state index in [0.29, 0.717) is 44.0 Å². The van der Waals surface area contributed by atoms with Gasteiger partial charge < -0.3 is 19.3 Å². The molecule has 10 heteroatoms. The average Bonchev–Trinajstić information content (AvgIpc) is 3.45. The lowest BCUT2D eigenvalue weighted by atomic mass is 10.1. The number of methoxy groups -OCH3 is 2. The summed E-state index contributed by atoms with van der Waals surface area (Å²) in [7, 11) is 3.16. The summed E-state index contributed by atoms with van der Waals surface area (Å²) in [4.78, 5) is 41.9. The number of nitrogens with zero attached hydrogens (tertiary/aromatic N) is 3. The summed E-state index contributed by atoms with van der Waals surface area (Å²) in [5, 5.41) is 13.2. The van der Waals surface area contributed by atoms with E-state index in [1.54, 1.807) is 36.5 Å². The van der Waals surface area contributed by atoms with Gasteiger partial charge in [0.15, 0.2) is 11.5 Å². The van der Waals surface area contributed by atoms with Crippen molar-refractivity contribution >= 4 is 28.8 Å². The molecule has 0 saturated carbocycles. The van der Waals surface area contributed by atoms with Gasteiger partial charge in [-0.05, 0) is 48.1 Å². The Morgan fingerprint density at radius 1 is 0.974 bits per heavy atom. The summed E-state index contributed by atoms with van der Waals surface area (Å²) in [5.41, 5.74) is 1.02. The monoisotopic (exact) mass is 539 g/mol. The maximum absolute atomic E-state index is 13.6. The molecule has 0 atom stereocenters. The number of nitro groups is 1. The number of carbonyl (C=O) groups excluding carboxylic acids is 2. The Morgan fingerprint density at radius 2 is 1.76 bits per heavy atom. The van der Waals surface area contributed by atoms with Crippen LogP contribution in [0.3, 0.4) is 0 Å². The summed E-state index contributed by atoms with van der Waals surface area (Å²) in [6.07, 6.45) is 2.14. The quantitative estimate of drug-likeness (QED) is 0.206. The minimum absolute atomic E-state index is 0.112. The highest BCUT2D eigenvalue weighted by Gasteiger charge is 2.24. The van der Waals surface area contributed by atoms with Gasteiger partial charge in [-0.3, -0.25) is 19.7 Å². The van der Waals surface area contributed by atoms with Crippen LogP contribution >= 0.6 is 11.3 Å². The van der Waals surface area contributed by atoms with Crippen LogP contribution in [0, 0.1) is 10.1 Å². The molecule has 0 aliphatic carbocycles. The van der Waals surface area contributed by atoms with Crippen molar-refractivity contribution in [2.75, 3.05) is 33.9 Å². The first-order valence-corrected chi connectivity index (χ1v) is 13.3. The number of benzene rings is 2. The molecule has 0 N–H and O–H groups in total. The largest absolute Gasteiger partial charge is 0.493 e. The molecule has 0 aliphatic heterocycles. The molecule has 9 nitrogen and oxygen atoms in total. The molecule has 202 valence electrons. The van der Waals surface area contributed by atoms with E-state index in [-0.39, 0.29) is 23.7 Å².